The SMILES string of the molecule is CC(C)c1ccc([C@@H](O)c2c(C(C)C)nc3c(c2I)[C@@H](O[Si](C)(C)C(C)(C)C)CC2(CCC2)C3)cc1. The highest BCUT2D eigenvalue weighted by atomic mass is 127. The lowest BCUT2D eigenvalue weighted by Crippen LogP contribution is -2.46. The summed E-state index contributed by atoms with van der Waals surface area (Å²) in [5.41, 5.74) is 7.09. The zero-order chi connectivity index (χ0) is 26.6. The van der Waals surface area contributed by atoms with Crippen LogP contribution < -0.4 is 0 Å². The number of fused-ring (bicyclic) bond motifs is 1. The molecule has 1 spiro atoms. The van der Waals surface area contributed by atoms with Gasteiger partial charge in [0.25, 0.3) is 0 Å². The van der Waals surface area contributed by atoms with Gasteiger partial charge in [-0.2, -0.15) is 0 Å². The summed E-state index contributed by atoms with van der Waals surface area (Å²) in [5.74, 6) is 0.711. The lowest BCUT2D eigenvalue weighted by atomic mass is 9.59. The Morgan fingerprint density at radius 1 is 1.03 bits per heavy atom. The zero-order valence-corrected chi connectivity index (χ0v) is 27.0. The Balaban J connectivity index is 1.84. The molecule has 0 radical (unpaired) electrons. The molecule has 3 nitrogen and oxygen atoms in total. The van der Waals surface area contributed by atoms with Crippen LogP contribution in [0.25, 0.3) is 0 Å². The Hall–Kier alpha value is -0.763. The zero-order valence-electron chi connectivity index (χ0n) is 23.8. The number of pyridine rings is 1. The molecule has 5 heteroatoms. The fourth-order valence-corrected chi connectivity index (χ4v) is 8.15. The molecule has 0 unspecified atom stereocenters. The van der Waals surface area contributed by atoms with Crippen LogP contribution in [-0.2, 0) is 10.8 Å². The minimum atomic E-state index is -1.99. The predicted molar refractivity (Wildman–Crippen MR) is 161 cm³/mol. The third-order valence-corrected chi connectivity index (χ3v) is 14.8. The quantitative estimate of drug-likeness (QED) is 0.259. The summed E-state index contributed by atoms with van der Waals surface area (Å²) >= 11 is 2.51. The lowest BCUT2D eigenvalue weighted by Gasteiger charge is -2.50. The Bertz CT molecular complexity index is 1100. The molecular weight excluding hydrogens is 573 g/mol. The number of nitrogens with zero attached hydrogens (tertiary/aromatic N) is 1. The van der Waals surface area contributed by atoms with Crippen LogP contribution in [0.3, 0.4) is 0 Å². The van der Waals surface area contributed by atoms with Crippen LogP contribution >= 0.6 is 22.6 Å². The van der Waals surface area contributed by atoms with Gasteiger partial charge >= 0.3 is 0 Å². The molecule has 1 aromatic carbocycles. The van der Waals surface area contributed by atoms with E-state index in [4.69, 9.17) is 9.41 Å². The van der Waals surface area contributed by atoms with E-state index in [1.54, 1.807) is 0 Å². The summed E-state index contributed by atoms with van der Waals surface area (Å²) in [7, 11) is -1.99. The van der Waals surface area contributed by atoms with Crippen molar-refractivity contribution in [3.8, 4) is 0 Å². The van der Waals surface area contributed by atoms with Gasteiger partial charge in [-0.05, 0) is 94.8 Å². The molecule has 4 rings (SSSR count). The fraction of sp³-hybridized carbons (Fsp3) is 0.645. The van der Waals surface area contributed by atoms with E-state index in [1.165, 1.54) is 39.7 Å². The number of hydrogen-bond donors (Lipinski definition) is 1. The molecular formula is C31H46INO2Si. The molecule has 1 fully saturated rings. The number of aromatic nitrogens is 1. The molecule has 36 heavy (non-hydrogen) atoms. The van der Waals surface area contributed by atoms with Gasteiger partial charge in [-0.1, -0.05) is 79.2 Å². The second-order valence-electron chi connectivity index (χ2n) is 13.6. The lowest BCUT2D eigenvalue weighted by molar-refractivity contribution is 0.0293. The van der Waals surface area contributed by atoms with Crippen molar-refractivity contribution < 1.29 is 9.53 Å². The smallest absolute Gasteiger partial charge is 0.192 e. The maximum absolute atomic E-state index is 11.8. The topological polar surface area (TPSA) is 42.4 Å². The van der Waals surface area contributed by atoms with Crippen molar-refractivity contribution in [2.75, 3.05) is 0 Å². The van der Waals surface area contributed by atoms with E-state index in [0.717, 1.165) is 29.7 Å². The van der Waals surface area contributed by atoms with Crippen LogP contribution in [0.4, 0.5) is 0 Å². The molecule has 198 valence electrons. The molecule has 1 aromatic heterocycles. The summed E-state index contributed by atoms with van der Waals surface area (Å²) < 4.78 is 8.34. The van der Waals surface area contributed by atoms with E-state index in [2.05, 4.69) is 108 Å². The number of benzene rings is 1. The maximum Gasteiger partial charge on any atom is 0.192 e. The van der Waals surface area contributed by atoms with Gasteiger partial charge in [-0.15, -0.1) is 0 Å². The van der Waals surface area contributed by atoms with Crippen molar-refractivity contribution in [2.45, 2.75) is 123 Å². The number of aliphatic hydroxyl groups excluding tert-OH is 1. The van der Waals surface area contributed by atoms with Crippen LogP contribution in [0.2, 0.25) is 18.1 Å². The molecule has 2 aromatic rings. The number of halogens is 1. The molecule has 1 heterocycles. The van der Waals surface area contributed by atoms with Gasteiger partial charge in [-0.25, -0.2) is 0 Å². The van der Waals surface area contributed by atoms with Crippen LogP contribution in [0, 0.1) is 8.99 Å². The van der Waals surface area contributed by atoms with E-state index in [9.17, 15) is 5.11 Å². The molecule has 1 saturated carbocycles. The Morgan fingerprint density at radius 3 is 2.08 bits per heavy atom. The van der Waals surface area contributed by atoms with Gasteiger partial charge in [0.2, 0.25) is 0 Å². The highest BCUT2D eigenvalue weighted by Gasteiger charge is 2.49. The van der Waals surface area contributed by atoms with Crippen molar-refractivity contribution in [1.82, 2.24) is 4.98 Å². The van der Waals surface area contributed by atoms with Crippen molar-refractivity contribution in [3.05, 3.63) is 61.5 Å². The standard InChI is InChI=1S/C31H46INO2Si/c1-19(2)21-11-13-22(14-12-21)29(34)26-27(32)25-23(33-28(26)20(3)4)17-31(15-10-16-31)18-24(25)35-36(8,9)30(5,6)7/h11-14,19-20,24,29,34H,10,15-18H2,1-9H3/t24-,29+/m0/s1. The summed E-state index contributed by atoms with van der Waals surface area (Å²) in [6.45, 7) is 20.5. The summed E-state index contributed by atoms with van der Waals surface area (Å²) in [6, 6.07) is 8.49. The van der Waals surface area contributed by atoms with Crippen molar-refractivity contribution in [1.29, 1.82) is 0 Å². The van der Waals surface area contributed by atoms with E-state index < -0.39 is 14.4 Å². The molecule has 2 aliphatic rings. The number of rotatable bonds is 6. The summed E-state index contributed by atoms with van der Waals surface area (Å²) in [5, 5.41) is 11.9. The second kappa shape index (κ2) is 10.1. The third kappa shape index (κ3) is 5.23. The Morgan fingerprint density at radius 2 is 1.61 bits per heavy atom. The molecule has 1 N–H and O–H groups in total. The first-order chi connectivity index (χ1) is 16.7. The van der Waals surface area contributed by atoms with Gasteiger partial charge in [0.05, 0.1) is 11.8 Å². The van der Waals surface area contributed by atoms with Gasteiger partial charge in [0.1, 0.15) is 6.10 Å². The van der Waals surface area contributed by atoms with Gasteiger partial charge in [0.15, 0.2) is 8.32 Å². The molecule has 0 aliphatic heterocycles. The predicted octanol–water partition coefficient (Wildman–Crippen LogP) is 9.19. The van der Waals surface area contributed by atoms with E-state index >= 15 is 0 Å². The average molecular weight is 620 g/mol. The van der Waals surface area contributed by atoms with Crippen LogP contribution in [0.15, 0.2) is 24.3 Å². The van der Waals surface area contributed by atoms with E-state index in [-0.39, 0.29) is 17.1 Å². The van der Waals surface area contributed by atoms with Crippen LogP contribution in [-0.4, -0.2) is 18.4 Å². The number of aliphatic hydroxyl groups is 1. The monoisotopic (exact) mass is 619 g/mol. The highest BCUT2D eigenvalue weighted by molar-refractivity contribution is 14.1. The molecule has 0 bridgehead atoms. The van der Waals surface area contributed by atoms with Gasteiger partial charge in [-0.3, -0.25) is 4.98 Å². The van der Waals surface area contributed by atoms with Crippen molar-refractivity contribution in [2.24, 2.45) is 5.41 Å². The third-order valence-electron chi connectivity index (χ3n) is 9.19. The highest BCUT2D eigenvalue weighted by Crippen LogP contribution is 2.57. The summed E-state index contributed by atoms with van der Waals surface area (Å²) in [4.78, 5) is 5.36. The molecule has 0 amide bonds. The minimum absolute atomic E-state index is 0.0600. The molecule has 2 aliphatic carbocycles. The first-order valence-corrected chi connectivity index (χ1v) is 17.8. The Labute approximate surface area is 234 Å². The Kier molecular flexibility index (Phi) is 7.91. The van der Waals surface area contributed by atoms with E-state index in [1.807, 2.05) is 0 Å². The van der Waals surface area contributed by atoms with Crippen LogP contribution in [0.1, 0.15) is 132 Å². The number of hydrogen-bond acceptors (Lipinski definition) is 3. The second-order valence-corrected chi connectivity index (χ2v) is 19.4. The first-order valence-electron chi connectivity index (χ1n) is 13.8. The van der Waals surface area contributed by atoms with Crippen molar-refractivity contribution in [3.63, 3.8) is 0 Å². The largest absolute Gasteiger partial charge is 0.410 e. The minimum Gasteiger partial charge on any atom is -0.410 e. The molecule has 2 atom stereocenters. The van der Waals surface area contributed by atoms with Crippen molar-refractivity contribution >= 4 is 30.9 Å². The van der Waals surface area contributed by atoms with Gasteiger partial charge in [0, 0.05) is 20.4 Å². The average Bonchev–Trinajstić information content (AvgIpc) is 2.76. The van der Waals surface area contributed by atoms with Crippen LogP contribution in [0.5, 0.6) is 0 Å². The first kappa shape index (κ1) is 28.3. The van der Waals surface area contributed by atoms with E-state index in [0.29, 0.717) is 11.3 Å². The maximum atomic E-state index is 11.8. The van der Waals surface area contributed by atoms with Gasteiger partial charge < -0.3 is 9.53 Å². The normalized spacial score (nSPS) is 20.5. The summed E-state index contributed by atoms with van der Waals surface area (Å²) in [6.07, 6.45) is 5.39. The molecule has 0 saturated heterocycles. The fourth-order valence-electron chi connectivity index (χ4n) is 5.66.